The number of carboxylic acids is 8. The third-order valence-corrected chi connectivity index (χ3v) is 20.5. The van der Waals surface area contributed by atoms with Crippen LogP contribution in [0.15, 0.2) is 303 Å². The van der Waals surface area contributed by atoms with Crippen molar-refractivity contribution in [3.05, 3.63) is 426 Å². The van der Waals surface area contributed by atoms with Gasteiger partial charge in [-0.25, -0.2) is 38.4 Å². The molecule has 0 bridgehead atoms. The van der Waals surface area contributed by atoms with Crippen molar-refractivity contribution in [3.8, 4) is 69.0 Å². The molecule has 8 N–H and O–H groups in total. The lowest BCUT2D eigenvalue weighted by Gasteiger charge is -2.16. The average Bonchev–Trinajstić information content (AvgIpc) is 0.843. The van der Waals surface area contributed by atoms with Crippen molar-refractivity contribution in [2.75, 3.05) is 0 Å². The fourth-order valence-corrected chi connectivity index (χ4v) is 13.4. The molecule has 0 atom stereocenters. The van der Waals surface area contributed by atoms with Crippen LogP contribution in [0.3, 0.4) is 0 Å². The third kappa shape index (κ3) is 27.4. The second-order valence-electron chi connectivity index (χ2n) is 30.5. The summed E-state index contributed by atoms with van der Waals surface area (Å²) >= 11 is 0. The molecule has 14 rings (SSSR count). The number of benzene rings is 14. The predicted molar refractivity (Wildman–Crippen MR) is 487 cm³/mol. The van der Waals surface area contributed by atoms with E-state index in [0.29, 0.717) is 147 Å². The van der Waals surface area contributed by atoms with Crippen molar-refractivity contribution >= 4 is 59.9 Å². The van der Waals surface area contributed by atoms with E-state index in [0.717, 1.165) is 0 Å². The summed E-state index contributed by atoms with van der Waals surface area (Å²) in [7, 11) is 0. The van der Waals surface area contributed by atoms with Gasteiger partial charge in [-0.15, -0.1) is 0 Å². The van der Waals surface area contributed by atoms with Crippen LogP contribution in [-0.4, -0.2) is 88.6 Å². The first-order valence-corrected chi connectivity index (χ1v) is 41.5. The van der Waals surface area contributed by atoms with Gasteiger partial charge in [0, 0.05) is 36.4 Å². The molecule has 134 heavy (non-hydrogen) atoms. The Kier molecular flexibility index (Phi) is 30.5. The minimum Gasteiger partial charge on any atom is -0.489 e. The van der Waals surface area contributed by atoms with E-state index >= 15 is 0 Å². The normalized spacial score (nSPS) is 10.9. The molecule has 0 saturated carbocycles. The second-order valence-corrected chi connectivity index (χ2v) is 30.5. The van der Waals surface area contributed by atoms with Crippen molar-refractivity contribution in [2.24, 2.45) is 0 Å². The highest BCUT2D eigenvalue weighted by atomic mass is 16.5. The number of aromatic carboxylic acids is 8. The summed E-state index contributed by atoms with van der Waals surface area (Å²) in [5, 5.41) is 76.9. The Morgan fingerprint density at radius 2 is 0.254 bits per heavy atom. The van der Waals surface area contributed by atoms with Crippen molar-refractivity contribution in [1.82, 2.24) is 0 Å². The molecule has 0 amide bonds. The molecule has 28 nitrogen and oxygen atoms in total. The van der Waals surface area contributed by atoms with Gasteiger partial charge in [0.1, 0.15) is 148 Å². The molecule has 14 aromatic rings. The zero-order valence-corrected chi connectivity index (χ0v) is 71.3. The Labute approximate surface area is 766 Å². The van der Waals surface area contributed by atoms with Crippen LogP contribution in [-0.2, 0) is 79.3 Å². The van der Waals surface area contributed by atoms with Crippen LogP contribution in [0, 0.1) is 0 Å². The molecule has 14 aromatic carbocycles. The molecule has 0 spiro atoms. The first-order valence-electron chi connectivity index (χ1n) is 41.5. The second kappa shape index (κ2) is 44.3. The highest BCUT2D eigenvalue weighted by Crippen LogP contribution is 2.36. The number of rotatable bonds is 46. The van der Waals surface area contributed by atoms with Crippen LogP contribution in [0.1, 0.15) is 161 Å². The van der Waals surface area contributed by atoms with E-state index in [4.69, 9.17) is 56.8 Å². The van der Waals surface area contributed by atoms with E-state index in [-0.39, 0.29) is 124 Å². The molecule has 676 valence electrons. The maximum Gasteiger partial charge on any atom is 0.335 e. The maximum atomic E-state index is 11.8. The van der Waals surface area contributed by atoms with E-state index in [1.807, 2.05) is 12.2 Å². The molecule has 0 radical (unpaired) electrons. The lowest BCUT2D eigenvalue weighted by molar-refractivity contribution is 0.0686. The molecule has 0 aliphatic heterocycles. The number of carboxylic acid groups (broad SMARTS) is 8. The summed E-state index contributed by atoms with van der Waals surface area (Å²) in [6.07, 6.45) is 3.62. The van der Waals surface area contributed by atoms with Gasteiger partial charge >= 0.3 is 47.8 Å². The lowest BCUT2D eigenvalue weighted by Crippen LogP contribution is -2.03. The number of ether oxygens (including phenoxy) is 12. The Morgan fingerprint density at radius 1 is 0.149 bits per heavy atom. The van der Waals surface area contributed by atoms with Gasteiger partial charge in [0.2, 0.25) is 0 Å². The molecule has 0 unspecified atom stereocenters. The fraction of sp³-hybridized carbons (Fsp3) is 0.113. The van der Waals surface area contributed by atoms with Crippen LogP contribution in [0.2, 0.25) is 0 Å². The number of hydrogen-bond acceptors (Lipinski definition) is 20. The van der Waals surface area contributed by atoms with Crippen LogP contribution >= 0.6 is 0 Å². The quantitative estimate of drug-likeness (QED) is 0.0164. The number of hydrogen-bond donors (Lipinski definition) is 8. The van der Waals surface area contributed by atoms with Crippen molar-refractivity contribution in [1.29, 1.82) is 0 Å². The van der Waals surface area contributed by atoms with Gasteiger partial charge in [-0.3, -0.25) is 0 Å². The molecule has 0 fully saturated rings. The summed E-state index contributed by atoms with van der Waals surface area (Å²) in [6, 6.07) is 81.1. The molecular weight excluding hydrogens is 1720 g/mol. The molecule has 28 heteroatoms. The van der Waals surface area contributed by atoms with Gasteiger partial charge in [-0.05, 0) is 248 Å². The van der Waals surface area contributed by atoms with E-state index in [9.17, 15) is 79.2 Å². The topological polar surface area (TPSA) is 409 Å². The Hall–Kier alpha value is -17.8. The molecule has 0 aliphatic carbocycles. The maximum absolute atomic E-state index is 11.8. The van der Waals surface area contributed by atoms with E-state index in [2.05, 4.69) is 0 Å². The highest BCUT2D eigenvalue weighted by Gasteiger charge is 2.19. The Bertz CT molecular complexity index is 5490. The van der Waals surface area contributed by atoms with Crippen LogP contribution in [0.4, 0.5) is 0 Å². The monoisotopic (exact) mass is 1800 g/mol. The zero-order chi connectivity index (χ0) is 94.0. The molecular formula is C106H84O28. The standard InChI is InChI=1S/C106H84O28/c107-99(108)79-19-3-65(4-20-79)53-123-91-39-75(40-92(49-91)124-54-66-5-21-80(22-6-66)100(109)110)61-131-87-35-73(36-88(47-87)132-62-76-41-93(125-55-67-7-23-81(24-8-67)101(111)112)50-94(42-76)126-56-68-9-25-82(26-10-68)102(113)114)1-2-74-37-89(133-63-77-43-95(127-57-69-11-27-83(28-12-69)103(115)116)51-96(44-77)128-58-70-13-29-84(30-14-70)104(117)118)48-90(38-74)134-64-78-45-97(129-59-71-15-31-85(32-16-71)105(119)120)52-98(46-78)130-60-72-17-33-86(34-18-72)106(121)122/h1-52H,53-64H2,(H,107,108)(H,109,110)(H,111,112)(H,113,114)(H,115,116)(H,117,118)(H,119,120)(H,121,122)/b2-1+. The van der Waals surface area contributed by atoms with E-state index in [1.165, 1.54) is 97.1 Å². The van der Waals surface area contributed by atoms with Crippen LogP contribution < -0.4 is 56.8 Å². The Morgan fingerprint density at radius 3 is 0.366 bits per heavy atom. The largest absolute Gasteiger partial charge is 0.489 e. The van der Waals surface area contributed by atoms with Gasteiger partial charge < -0.3 is 97.7 Å². The van der Waals surface area contributed by atoms with E-state index in [1.54, 1.807) is 206 Å². The molecule has 0 saturated heterocycles. The minimum atomic E-state index is -1.09. The first kappa shape index (κ1) is 92.4. The van der Waals surface area contributed by atoms with Gasteiger partial charge in [-0.1, -0.05) is 109 Å². The fourth-order valence-electron chi connectivity index (χ4n) is 13.4. The zero-order valence-electron chi connectivity index (χ0n) is 71.3. The first-order chi connectivity index (χ1) is 64.8. The average molecular weight is 1810 g/mol. The van der Waals surface area contributed by atoms with Crippen molar-refractivity contribution in [2.45, 2.75) is 79.3 Å². The summed E-state index contributed by atoms with van der Waals surface area (Å²) in [4.78, 5) is 94.0. The van der Waals surface area contributed by atoms with Crippen LogP contribution in [0.25, 0.3) is 12.2 Å². The third-order valence-electron chi connectivity index (χ3n) is 20.5. The van der Waals surface area contributed by atoms with Gasteiger partial charge in [0.05, 0.1) is 44.5 Å². The molecule has 0 aromatic heterocycles. The Balaban J connectivity index is 0.816. The summed E-state index contributed by atoms with van der Waals surface area (Å²) in [5.74, 6) is -4.59. The van der Waals surface area contributed by atoms with Crippen LogP contribution in [0.5, 0.6) is 69.0 Å². The minimum absolute atomic E-state index is 0.0342. The van der Waals surface area contributed by atoms with Gasteiger partial charge in [0.25, 0.3) is 0 Å². The number of carbonyl (C=O) groups is 8. The van der Waals surface area contributed by atoms with Crippen molar-refractivity contribution < 1.29 is 136 Å². The lowest BCUT2D eigenvalue weighted by atomic mass is 10.1. The molecule has 0 aliphatic rings. The summed E-state index contributed by atoms with van der Waals surface area (Å²) < 4.78 is 77.6. The molecule has 0 heterocycles. The SMILES string of the molecule is O=C(O)c1ccc(COc2cc(COc3cc(/C=C/c4cc(OCc5cc(OCc6ccc(C(=O)O)cc6)cc(OCc6ccc(C(=O)O)cc6)c5)cc(OCc5cc(OCc6ccc(C(=O)O)cc6)cc(OCc6ccc(C(=O)O)cc6)c5)c4)cc(OCc4cc(OCc5ccc(C(=O)O)cc5)cc(OCc5ccc(C(=O)O)cc5)c4)c3)cc(OCc3ccc(C(=O)O)cc3)c2)cc1. The van der Waals surface area contributed by atoms with E-state index < -0.39 is 47.8 Å². The van der Waals surface area contributed by atoms with Gasteiger partial charge in [-0.2, -0.15) is 0 Å². The van der Waals surface area contributed by atoms with Gasteiger partial charge in [0.15, 0.2) is 0 Å². The summed E-state index contributed by atoms with van der Waals surface area (Å²) in [5.41, 5.74) is 9.49. The smallest absolute Gasteiger partial charge is 0.335 e. The summed E-state index contributed by atoms with van der Waals surface area (Å²) in [6.45, 7) is -0.115. The highest BCUT2D eigenvalue weighted by molar-refractivity contribution is 5.91. The van der Waals surface area contributed by atoms with Crippen molar-refractivity contribution in [3.63, 3.8) is 0 Å². The predicted octanol–water partition coefficient (Wildman–Crippen LogP) is 20.4.